The minimum atomic E-state index is -0.406. The van der Waals surface area contributed by atoms with Crippen LogP contribution in [0, 0.1) is 5.95 Å². The van der Waals surface area contributed by atoms with Gasteiger partial charge in [0, 0.05) is 44.9 Å². The first-order valence-corrected chi connectivity index (χ1v) is 8.51. The fourth-order valence-corrected chi connectivity index (χ4v) is 3.54. The molecule has 1 aliphatic rings. The van der Waals surface area contributed by atoms with Crippen LogP contribution in [-0.4, -0.2) is 52.7 Å². The summed E-state index contributed by atoms with van der Waals surface area (Å²) in [6.07, 6.45) is 2.40. The molecule has 1 aliphatic heterocycles. The maximum absolute atomic E-state index is 13.9. The third kappa shape index (κ3) is 3.73. The number of thiazole rings is 1. The molecule has 1 N–H and O–H groups in total. The molecule has 3 heterocycles. The van der Waals surface area contributed by atoms with Crippen LogP contribution in [-0.2, 0) is 6.54 Å². The topological polar surface area (TPSA) is 72.4 Å². The van der Waals surface area contributed by atoms with Gasteiger partial charge in [-0.25, -0.2) is 4.98 Å². The highest BCUT2D eigenvalue weighted by Gasteiger charge is 2.32. The first-order valence-electron chi connectivity index (χ1n) is 7.69. The molecule has 2 unspecified atom stereocenters. The second-order valence-electron chi connectivity index (χ2n) is 5.62. The molecule has 0 radical (unpaired) electrons. The Hall–Kier alpha value is -2.00. The van der Waals surface area contributed by atoms with Crippen LogP contribution in [0.1, 0.15) is 18.2 Å². The molecular formula is C15H20FN5O2S. The highest BCUT2D eigenvalue weighted by atomic mass is 32.1. The minimum Gasteiger partial charge on any atom is -0.481 e. The first-order chi connectivity index (χ1) is 11.6. The average molecular weight is 353 g/mol. The average Bonchev–Trinajstić information content (AvgIpc) is 3.10. The molecule has 0 aliphatic carbocycles. The molecule has 0 spiro atoms. The van der Waals surface area contributed by atoms with E-state index < -0.39 is 5.95 Å². The Labute approximate surface area is 143 Å². The van der Waals surface area contributed by atoms with Crippen molar-refractivity contribution in [2.24, 2.45) is 0 Å². The zero-order valence-electron chi connectivity index (χ0n) is 13.8. The van der Waals surface area contributed by atoms with Crippen molar-refractivity contribution in [3.8, 4) is 11.9 Å². The third-order valence-corrected chi connectivity index (χ3v) is 5.00. The quantitative estimate of drug-likeness (QED) is 0.853. The third-order valence-electron chi connectivity index (χ3n) is 3.96. The van der Waals surface area contributed by atoms with Gasteiger partial charge in [0.15, 0.2) is 5.13 Å². The lowest BCUT2D eigenvalue weighted by Gasteiger charge is -2.19. The normalized spacial score (nSPS) is 21.0. The van der Waals surface area contributed by atoms with Crippen molar-refractivity contribution in [1.29, 1.82) is 0 Å². The fourth-order valence-electron chi connectivity index (χ4n) is 2.72. The summed E-state index contributed by atoms with van der Waals surface area (Å²) in [4.78, 5) is 14.9. The van der Waals surface area contributed by atoms with Crippen molar-refractivity contribution in [1.82, 2.24) is 19.9 Å². The van der Waals surface area contributed by atoms with Gasteiger partial charge >= 0.3 is 6.01 Å². The second-order valence-corrected chi connectivity index (χ2v) is 6.70. The SMILES string of the molecule is CNc1nc(F)c(CN2CC(Oc3nccc(OC)n3)CC2C)s1. The number of hydrogen-bond acceptors (Lipinski definition) is 8. The molecule has 3 rings (SSSR count). The number of ether oxygens (including phenoxy) is 2. The van der Waals surface area contributed by atoms with E-state index in [1.807, 2.05) is 0 Å². The van der Waals surface area contributed by atoms with E-state index in [1.165, 1.54) is 11.3 Å². The van der Waals surface area contributed by atoms with E-state index in [0.29, 0.717) is 35.0 Å². The highest BCUT2D eigenvalue weighted by Crippen LogP contribution is 2.28. The Morgan fingerprint density at radius 2 is 2.29 bits per heavy atom. The number of halogens is 1. The van der Waals surface area contributed by atoms with E-state index >= 15 is 0 Å². The van der Waals surface area contributed by atoms with Crippen LogP contribution in [0.4, 0.5) is 9.52 Å². The molecule has 0 bridgehead atoms. The van der Waals surface area contributed by atoms with Crippen molar-refractivity contribution >= 4 is 16.5 Å². The molecule has 24 heavy (non-hydrogen) atoms. The zero-order chi connectivity index (χ0) is 17.1. The van der Waals surface area contributed by atoms with Gasteiger partial charge in [0.05, 0.1) is 12.0 Å². The Morgan fingerprint density at radius 3 is 3.00 bits per heavy atom. The molecule has 7 nitrogen and oxygen atoms in total. The molecule has 1 fully saturated rings. The van der Waals surface area contributed by atoms with E-state index in [4.69, 9.17) is 9.47 Å². The van der Waals surface area contributed by atoms with Gasteiger partial charge in [-0.2, -0.15) is 14.4 Å². The lowest BCUT2D eigenvalue weighted by molar-refractivity contribution is 0.179. The maximum atomic E-state index is 13.9. The van der Waals surface area contributed by atoms with Gasteiger partial charge in [-0.15, -0.1) is 0 Å². The molecule has 0 amide bonds. The van der Waals surface area contributed by atoms with Crippen LogP contribution in [0.25, 0.3) is 0 Å². The van der Waals surface area contributed by atoms with Gasteiger partial charge in [-0.1, -0.05) is 11.3 Å². The van der Waals surface area contributed by atoms with Gasteiger partial charge in [0.2, 0.25) is 11.8 Å². The van der Waals surface area contributed by atoms with Crippen LogP contribution in [0.15, 0.2) is 12.3 Å². The number of hydrogen-bond donors (Lipinski definition) is 1. The first kappa shape index (κ1) is 16.8. The van der Waals surface area contributed by atoms with Crippen LogP contribution in [0.5, 0.6) is 11.9 Å². The van der Waals surface area contributed by atoms with Crippen LogP contribution in [0.3, 0.4) is 0 Å². The van der Waals surface area contributed by atoms with Gasteiger partial charge in [0.25, 0.3) is 0 Å². The molecule has 2 aromatic rings. The van der Waals surface area contributed by atoms with E-state index in [1.54, 1.807) is 26.4 Å². The van der Waals surface area contributed by atoms with Crippen molar-refractivity contribution in [3.63, 3.8) is 0 Å². The van der Waals surface area contributed by atoms with E-state index in [9.17, 15) is 4.39 Å². The summed E-state index contributed by atoms with van der Waals surface area (Å²) in [5.41, 5.74) is 0. The van der Waals surface area contributed by atoms with Gasteiger partial charge in [-0.3, -0.25) is 4.90 Å². The largest absolute Gasteiger partial charge is 0.481 e. The number of likely N-dealkylation sites (tertiary alicyclic amines) is 1. The summed E-state index contributed by atoms with van der Waals surface area (Å²) in [6, 6.07) is 2.25. The van der Waals surface area contributed by atoms with Crippen LogP contribution < -0.4 is 14.8 Å². The minimum absolute atomic E-state index is 0.0353. The summed E-state index contributed by atoms with van der Waals surface area (Å²) in [5.74, 6) is 0.0614. The molecule has 0 saturated carbocycles. The van der Waals surface area contributed by atoms with E-state index in [2.05, 4.69) is 32.1 Å². The summed E-state index contributed by atoms with van der Waals surface area (Å²) in [5, 5.41) is 3.46. The molecule has 130 valence electrons. The summed E-state index contributed by atoms with van der Waals surface area (Å²) in [7, 11) is 3.28. The second kappa shape index (κ2) is 7.27. The van der Waals surface area contributed by atoms with E-state index in [0.717, 1.165) is 6.42 Å². The number of nitrogens with one attached hydrogen (secondary N) is 1. The van der Waals surface area contributed by atoms with E-state index in [-0.39, 0.29) is 12.1 Å². The van der Waals surface area contributed by atoms with Gasteiger partial charge in [-0.05, 0) is 6.92 Å². The van der Waals surface area contributed by atoms with Crippen LogP contribution >= 0.6 is 11.3 Å². The molecule has 0 aromatic carbocycles. The number of aromatic nitrogens is 3. The van der Waals surface area contributed by atoms with Crippen molar-refractivity contribution in [2.45, 2.75) is 32.0 Å². The molecule has 1 saturated heterocycles. The fraction of sp³-hybridized carbons (Fsp3) is 0.533. The molecular weight excluding hydrogens is 333 g/mol. The molecule has 9 heteroatoms. The van der Waals surface area contributed by atoms with Gasteiger partial charge in [0.1, 0.15) is 6.10 Å². The Bertz CT molecular complexity index is 698. The number of anilines is 1. The summed E-state index contributed by atoms with van der Waals surface area (Å²) < 4.78 is 24.8. The smallest absolute Gasteiger partial charge is 0.319 e. The maximum Gasteiger partial charge on any atom is 0.319 e. The van der Waals surface area contributed by atoms with Crippen LogP contribution in [0.2, 0.25) is 0 Å². The Morgan fingerprint density at radius 1 is 1.46 bits per heavy atom. The molecule has 2 atom stereocenters. The van der Waals surface area contributed by atoms with Crippen molar-refractivity contribution in [3.05, 3.63) is 23.1 Å². The predicted octanol–water partition coefficient (Wildman–Crippen LogP) is 2.16. The van der Waals surface area contributed by atoms with Crippen molar-refractivity contribution < 1.29 is 13.9 Å². The lowest BCUT2D eigenvalue weighted by Crippen LogP contribution is -2.28. The molecule has 2 aromatic heterocycles. The lowest BCUT2D eigenvalue weighted by atomic mass is 10.2. The number of methoxy groups -OCH3 is 1. The monoisotopic (exact) mass is 353 g/mol. The predicted molar refractivity (Wildman–Crippen MR) is 89.1 cm³/mol. The van der Waals surface area contributed by atoms with Crippen molar-refractivity contribution in [2.75, 3.05) is 26.0 Å². The Kier molecular flexibility index (Phi) is 5.10. The highest BCUT2D eigenvalue weighted by molar-refractivity contribution is 7.15. The standard InChI is InChI=1S/C15H20FN5O2S/c1-9-6-10(23-14-18-5-4-12(19-14)22-3)7-21(9)8-11-13(16)20-15(17-2)24-11/h4-5,9-10H,6-8H2,1-3H3,(H,17,20). The number of rotatable bonds is 6. The summed E-state index contributed by atoms with van der Waals surface area (Å²) in [6.45, 7) is 3.31. The number of nitrogens with zero attached hydrogens (tertiary/aromatic N) is 4. The summed E-state index contributed by atoms with van der Waals surface area (Å²) >= 11 is 1.34. The van der Waals surface area contributed by atoms with Gasteiger partial charge < -0.3 is 14.8 Å². The zero-order valence-corrected chi connectivity index (χ0v) is 14.6. The Balaban J connectivity index is 1.62.